The lowest BCUT2D eigenvalue weighted by molar-refractivity contribution is -0.201. The zero-order chi connectivity index (χ0) is 42.1. The van der Waals surface area contributed by atoms with Crippen molar-refractivity contribution in [3.8, 4) is 0 Å². The Kier molecular flexibility index (Phi) is 18.2. The van der Waals surface area contributed by atoms with Gasteiger partial charge in [-0.05, 0) is 62.3 Å². The molecule has 19 heteroatoms. The number of nitrogens with zero attached hydrogens (tertiary/aromatic N) is 1. The van der Waals surface area contributed by atoms with Gasteiger partial charge in [0.25, 0.3) is 0 Å². The van der Waals surface area contributed by atoms with Gasteiger partial charge in [0.15, 0.2) is 5.96 Å². The van der Waals surface area contributed by atoms with Crippen LogP contribution >= 0.6 is 0 Å². The van der Waals surface area contributed by atoms with Crippen LogP contribution in [0.3, 0.4) is 0 Å². The molecule has 2 saturated carbocycles. The fraction of sp³-hybridized carbons (Fsp3) is 0.632. The number of esters is 2. The number of alkyl halides is 3. The molecule has 3 rings (SSSR count). The van der Waals surface area contributed by atoms with Crippen LogP contribution in [0.1, 0.15) is 107 Å². The van der Waals surface area contributed by atoms with E-state index in [9.17, 15) is 41.9 Å². The molecule has 0 bridgehead atoms. The maximum Gasteiger partial charge on any atom is 0.491 e. The number of hydrogen-bond donors (Lipinski definition) is 8. The Labute approximate surface area is 329 Å². The number of aliphatic imine (C=N–C) groups is 1. The monoisotopic (exact) mass is 807 g/mol. The molecule has 1 aromatic rings. The number of amides is 4. The maximum atomic E-state index is 14.2. The van der Waals surface area contributed by atoms with Crippen molar-refractivity contribution in [3.05, 3.63) is 35.4 Å². The van der Waals surface area contributed by atoms with Crippen LogP contribution in [-0.2, 0) is 39.9 Å². The first kappa shape index (κ1) is 46.2. The fourth-order valence-corrected chi connectivity index (χ4v) is 7.43. The summed E-state index contributed by atoms with van der Waals surface area (Å²) in [5.74, 6) is -8.36. The minimum absolute atomic E-state index is 0.0486. The van der Waals surface area contributed by atoms with E-state index >= 15 is 0 Å². The van der Waals surface area contributed by atoms with Crippen molar-refractivity contribution in [3.63, 3.8) is 0 Å². The lowest BCUT2D eigenvalue weighted by Crippen LogP contribution is -2.57. The molecule has 0 unspecified atom stereocenters. The molecule has 2 aliphatic carbocycles. The number of benzene rings is 1. The van der Waals surface area contributed by atoms with Crippen LogP contribution in [0.15, 0.2) is 29.3 Å². The Bertz CT molecular complexity index is 1590. The van der Waals surface area contributed by atoms with Gasteiger partial charge in [0.05, 0.1) is 0 Å². The SMILES string of the molecule is N=C(N)c1ccc(C[C@H](C(=O)N[C@@H](CCC(=O)OC(=O)C(F)(F)F)C(=O)N[C@@H](CCCN=C(N)N)C(=O)N[C@@H](CC2CCCCC2)C(N)=O)C2CCCCC2)cc1. The van der Waals surface area contributed by atoms with Gasteiger partial charge in [-0.2, -0.15) is 13.2 Å². The summed E-state index contributed by atoms with van der Waals surface area (Å²) in [5, 5.41) is 15.6. The van der Waals surface area contributed by atoms with Crippen molar-refractivity contribution in [1.82, 2.24) is 16.0 Å². The smallest absolute Gasteiger partial charge is 0.386 e. The predicted octanol–water partition coefficient (Wildman–Crippen LogP) is 2.09. The Morgan fingerprint density at radius 3 is 1.86 bits per heavy atom. The lowest BCUT2D eigenvalue weighted by atomic mass is 9.76. The van der Waals surface area contributed by atoms with Gasteiger partial charge in [0.2, 0.25) is 23.6 Å². The molecule has 16 nitrogen and oxygen atoms in total. The molecule has 0 heterocycles. The maximum absolute atomic E-state index is 14.2. The molecule has 0 aliphatic heterocycles. The summed E-state index contributed by atoms with van der Waals surface area (Å²) in [6.07, 6.45) is 2.62. The van der Waals surface area contributed by atoms with Crippen LogP contribution in [-0.4, -0.2) is 78.2 Å². The molecule has 0 radical (unpaired) electrons. The molecule has 0 spiro atoms. The first-order chi connectivity index (χ1) is 26.9. The fourth-order valence-electron chi connectivity index (χ4n) is 7.43. The van der Waals surface area contributed by atoms with Crippen LogP contribution in [0.2, 0.25) is 0 Å². The average Bonchev–Trinajstić information content (AvgIpc) is 3.16. The minimum Gasteiger partial charge on any atom is -0.386 e. The van der Waals surface area contributed by atoms with Gasteiger partial charge in [-0.15, -0.1) is 0 Å². The van der Waals surface area contributed by atoms with Crippen LogP contribution in [0.5, 0.6) is 0 Å². The zero-order valence-electron chi connectivity index (χ0n) is 32.0. The Balaban J connectivity index is 1.89. The molecule has 1 aromatic carbocycles. The molecule has 0 saturated heterocycles. The number of guanidine groups is 1. The van der Waals surface area contributed by atoms with Crippen molar-refractivity contribution >= 4 is 47.4 Å². The second kappa shape index (κ2) is 22.5. The average molecular weight is 808 g/mol. The third-order valence-corrected chi connectivity index (χ3v) is 10.5. The Hall–Kier alpha value is -5.23. The van der Waals surface area contributed by atoms with E-state index in [1.54, 1.807) is 24.3 Å². The van der Waals surface area contributed by atoms with Crippen molar-refractivity contribution in [1.29, 1.82) is 5.41 Å². The lowest BCUT2D eigenvalue weighted by Gasteiger charge is -2.31. The summed E-state index contributed by atoms with van der Waals surface area (Å²) >= 11 is 0. The van der Waals surface area contributed by atoms with Crippen LogP contribution in [0.25, 0.3) is 0 Å². The molecule has 2 fully saturated rings. The topological polar surface area (TPSA) is 288 Å². The third kappa shape index (κ3) is 16.0. The summed E-state index contributed by atoms with van der Waals surface area (Å²) in [7, 11) is 0. The standard InChI is InChI=1S/C38H56F3N9O7/c39-38(40,41)36(56)57-30(51)18-17-28(48-33(53)26(24-10-5-2-6-11-24)20-23-13-15-25(16-14-23)31(42)43)35(55)49-27(12-7-19-47-37(45)46)34(54)50-29(32(44)52)21-22-8-3-1-4-9-22/h13-16,22,24,26-29H,1-12,17-21H2,(H3,42,43)(H2,44,52)(H,48,53)(H,49,55)(H,50,54)(H4,45,46,47)/t26-,27-,28-,29-/m0/s1. The van der Waals surface area contributed by atoms with Gasteiger partial charge in [0.1, 0.15) is 24.0 Å². The number of hydrogen-bond acceptors (Lipinski definition) is 9. The number of nitrogens with one attached hydrogen (secondary N) is 4. The number of ether oxygens (including phenoxy) is 1. The largest absolute Gasteiger partial charge is 0.491 e. The van der Waals surface area contributed by atoms with Crippen LogP contribution < -0.4 is 38.9 Å². The second-order valence-corrected chi connectivity index (χ2v) is 14.9. The van der Waals surface area contributed by atoms with Gasteiger partial charge in [-0.25, -0.2) is 4.79 Å². The number of nitrogens with two attached hydrogens (primary N) is 4. The van der Waals surface area contributed by atoms with E-state index in [0.29, 0.717) is 24.8 Å². The van der Waals surface area contributed by atoms with Crippen molar-refractivity contribution in [2.24, 2.45) is 45.7 Å². The number of amidine groups is 1. The highest BCUT2D eigenvalue weighted by atomic mass is 19.4. The predicted molar refractivity (Wildman–Crippen MR) is 204 cm³/mol. The van der Waals surface area contributed by atoms with Gasteiger partial charge in [0, 0.05) is 24.4 Å². The van der Waals surface area contributed by atoms with Gasteiger partial charge in [-0.1, -0.05) is 75.6 Å². The van der Waals surface area contributed by atoms with Crippen LogP contribution in [0, 0.1) is 23.2 Å². The van der Waals surface area contributed by atoms with E-state index in [1.807, 2.05) is 0 Å². The van der Waals surface area contributed by atoms with E-state index in [4.69, 9.17) is 28.3 Å². The normalized spacial score (nSPS) is 17.2. The molecular formula is C38H56F3N9O7. The number of carbonyl (C=O) groups is 6. The Morgan fingerprint density at radius 2 is 1.32 bits per heavy atom. The highest BCUT2D eigenvalue weighted by Gasteiger charge is 2.42. The number of nitrogen functional groups attached to an aromatic ring is 1. The third-order valence-electron chi connectivity index (χ3n) is 10.5. The minimum atomic E-state index is -5.45. The van der Waals surface area contributed by atoms with Crippen molar-refractivity contribution in [2.75, 3.05) is 6.54 Å². The molecule has 2 aliphatic rings. The second-order valence-electron chi connectivity index (χ2n) is 14.9. The highest BCUT2D eigenvalue weighted by Crippen LogP contribution is 2.33. The van der Waals surface area contributed by atoms with Gasteiger partial charge < -0.3 is 43.6 Å². The summed E-state index contributed by atoms with van der Waals surface area (Å²) in [4.78, 5) is 82.0. The number of rotatable bonds is 20. The van der Waals surface area contributed by atoms with Crippen molar-refractivity contribution < 1.29 is 46.7 Å². The summed E-state index contributed by atoms with van der Waals surface area (Å²) < 4.78 is 42.4. The van der Waals surface area contributed by atoms with Crippen molar-refractivity contribution in [2.45, 2.75) is 127 Å². The van der Waals surface area contributed by atoms with E-state index in [-0.39, 0.29) is 49.4 Å². The molecule has 4 amide bonds. The van der Waals surface area contributed by atoms with E-state index < -0.39 is 78.6 Å². The highest BCUT2D eigenvalue weighted by molar-refractivity contribution is 5.96. The zero-order valence-corrected chi connectivity index (χ0v) is 32.0. The van der Waals surface area contributed by atoms with E-state index in [1.165, 1.54) is 0 Å². The first-order valence-electron chi connectivity index (χ1n) is 19.5. The van der Waals surface area contributed by atoms with Gasteiger partial charge in [-0.3, -0.25) is 34.4 Å². The number of primary amides is 1. The first-order valence-corrected chi connectivity index (χ1v) is 19.5. The van der Waals surface area contributed by atoms with Gasteiger partial charge >= 0.3 is 18.1 Å². The summed E-state index contributed by atoms with van der Waals surface area (Å²) in [6, 6.07) is 2.80. The summed E-state index contributed by atoms with van der Waals surface area (Å²) in [6.45, 7) is 0.0685. The molecule has 12 N–H and O–H groups in total. The quantitative estimate of drug-likeness (QED) is 0.0312. The molecular weight excluding hydrogens is 751 g/mol. The van der Waals surface area contributed by atoms with Crippen LogP contribution in [0.4, 0.5) is 13.2 Å². The van der Waals surface area contributed by atoms with E-state index in [2.05, 4.69) is 25.7 Å². The summed E-state index contributed by atoms with van der Waals surface area (Å²) in [5.41, 5.74) is 23.4. The molecule has 4 atom stereocenters. The number of carbonyl (C=O) groups excluding carboxylic acids is 6. The van der Waals surface area contributed by atoms with E-state index in [0.717, 1.165) is 56.9 Å². The molecule has 0 aromatic heterocycles. The molecule has 316 valence electrons. The molecule has 57 heavy (non-hydrogen) atoms. The number of halogens is 3. The Morgan fingerprint density at radius 1 is 0.772 bits per heavy atom.